The van der Waals surface area contributed by atoms with Gasteiger partial charge in [0.15, 0.2) is 5.78 Å². The molecule has 0 radical (unpaired) electrons. The number of halogens is 1. The molecule has 0 spiro atoms. The molecule has 13 heavy (non-hydrogen) atoms. The molecule has 0 aromatic heterocycles. The lowest BCUT2D eigenvalue weighted by Crippen LogP contribution is -2.09. The molecule has 0 aliphatic heterocycles. The van der Waals surface area contributed by atoms with Crippen molar-refractivity contribution in [1.82, 2.24) is 0 Å². The summed E-state index contributed by atoms with van der Waals surface area (Å²) in [5.74, 6) is 0.670. The van der Waals surface area contributed by atoms with Crippen LogP contribution in [0.15, 0.2) is 24.3 Å². The third-order valence-corrected chi connectivity index (χ3v) is 1.93. The van der Waals surface area contributed by atoms with Gasteiger partial charge in [0.2, 0.25) is 0 Å². The van der Waals surface area contributed by atoms with Gasteiger partial charge >= 0.3 is 0 Å². The van der Waals surface area contributed by atoms with E-state index in [-0.39, 0.29) is 5.78 Å². The molecule has 0 fully saturated rings. The Balaban J connectivity index is 2.86. The van der Waals surface area contributed by atoms with Crippen LogP contribution in [0.3, 0.4) is 0 Å². The number of alkyl halides is 1. The van der Waals surface area contributed by atoms with Crippen molar-refractivity contribution in [3.63, 3.8) is 0 Å². The zero-order chi connectivity index (χ0) is 9.84. The van der Waals surface area contributed by atoms with Crippen LogP contribution >= 0.6 is 11.6 Å². The van der Waals surface area contributed by atoms with E-state index in [1.807, 2.05) is 0 Å². The Morgan fingerprint density at radius 3 is 2.31 bits per heavy atom. The lowest BCUT2D eigenvalue weighted by molar-refractivity contribution is 0.0991. The summed E-state index contributed by atoms with van der Waals surface area (Å²) in [5.41, 5.74) is 0.614. The summed E-state index contributed by atoms with van der Waals surface area (Å²) >= 11 is 5.66. The van der Waals surface area contributed by atoms with Crippen molar-refractivity contribution in [1.29, 1.82) is 0 Å². The molecule has 0 saturated carbocycles. The van der Waals surface area contributed by atoms with Crippen molar-refractivity contribution >= 4 is 17.4 Å². The minimum Gasteiger partial charge on any atom is -0.497 e. The third-order valence-electron chi connectivity index (χ3n) is 1.74. The zero-order valence-electron chi connectivity index (χ0n) is 7.58. The maximum absolute atomic E-state index is 11.4. The van der Waals surface area contributed by atoms with Gasteiger partial charge in [0, 0.05) is 5.56 Å². The van der Waals surface area contributed by atoms with Crippen LogP contribution in [0, 0.1) is 0 Å². The highest BCUT2D eigenvalue weighted by Crippen LogP contribution is 2.14. The van der Waals surface area contributed by atoms with Crippen molar-refractivity contribution in [2.75, 3.05) is 7.11 Å². The molecule has 0 aliphatic carbocycles. The highest BCUT2D eigenvalue weighted by atomic mass is 35.5. The van der Waals surface area contributed by atoms with Gasteiger partial charge in [-0.2, -0.15) is 0 Å². The Morgan fingerprint density at radius 2 is 1.92 bits per heavy atom. The second-order valence-electron chi connectivity index (χ2n) is 2.71. The maximum atomic E-state index is 11.4. The van der Waals surface area contributed by atoms with Crippen molar-refractivity contribution in [3.8, 4) is 5.75 Å². The predicted octanol–water partition coefficient (Wildman–Crippen LogP) is 2.51. The lowest BCUT2D eigenvalue weighted by atomic mass is 10.1. The number of ketones is 1. The van der Waals surface area contributed by atoms with Gasteiger partial charge in [-0.3, -0.25) is 4.79 Å². The van der Waals surface area contributed by atoms with Gasteiger partial charge in [0.1, 0.15) is 5.75 Å². The summed E-state index contributed by atoms with van der Waals surface area (Å²) in [6.45, 7) is 1.66. The normalized spacial score (nSPS) is 12.2. The van der Waals surface area contributed by atoms with Crippen LogP contribution in [0.1, 0.15) is 17.3 Å². The molecule has 0 saturated heterocycles. The Morgan fingerprint density at radius 1 is 1.38 bits per heavy atom. The fourth-order valence-electron chi connectivity index (χ4n) is 0.985. The fourth-order valence-corrected chi connectivity index (χ4v) is 1.11. The first-order chi connectivity index (χ1) is 6.15. The SMILES string of the molecule is COc1ccc(C(=O)[C@H](C)Cl)cc1. The quantitative estimate of drug-likeness (QED) is 0.551. The molecule has 70 valence electrons. The van der Waals surface area contributed by atoms with E-state index in [4.69, 9.17) is 16.3 Å². The van der Waals surface area contributed by atoms with Crippen LogP contribution in [0.4, 0.5) is 0 Å². The molecule has 0 heterocycles. The average Bonchev–Trinajstić information content (AvgIpc) is 2.17. The first kappa shape index (κ1) is 10.1. The summed E-state index contributed by atoms with van der Waals surface area (Å²) in [6, 6.07) is 6.90. The van der Waals surface area contributed by atoms with E-state index in [9.17, 15) is 4.79 Å². The van der Waals surface area contributed by atoms with Crippen LogP contribution < -0.4 is 4.74 Å². The number of benzene rings is 1. The molecular formula is C10H11ClO2. The fraction of sp³-hybridized carbons (Fsp3) is 0.300. The molecule has 1 aromatic carbocycles. The zero-order valence-corrected chi connectivity index (χ0v) is 8.34. The van der Waals surface area contributed by atoms with Gasteiger partial charge in [0.25, 0.3) is 0 Å². The second kappa shape index (κ2) is 4.28. The molecule has 1 rings (SSSR count). The number of methoxy groups -OCH3 is 1. The van der Waals surface area contributed by atoms with Crippen molar-refractivity contribution < 1.29 is 9.53 Å². The summed E-state index contributed by atoms with van der Waals surface area (Å²) in [6.07, 6.45) is 0. The Hall–Kier alpha value is -1.02. The van der Waals surface area contributed by atoms with Gasteiger partial charge in [-0.05, 0) is 31.2 Å². The van der Waals surface area contributed by atoms with E-state index < -0.39 is 5.38 Å². The molecule has 1 aromatic rings. The molecule has 0 amide bonds. The molecule has 0 bridgehead atoms. The Kier molecular flexibility index (Phi) is 3.32. The second-order valence-corrected chi connectivity index (χ2v) is 3.36. The van der Waals surface area contributed by atoms with Crippen LogP contribution in [0.5, 0.6) is 5.75 Å². The van der Waals surface area contributed by atoms with Gasteiger partial charge in [-0.15, -0.1) is 11.6 Å². The maximum Gasteiger partial charge on any atom is 0.180 e. The number of hydrogen-bond acceptors (Lipinski definition) is 2. The van der Waals surface area contributed by atoms with Crippen molar-refractivity contribution in [2.45, 2.75) is 12.3 Å². The van der Waals surface area contributed by atoms with Crippen LogP contribution in [0.25, 0.3) is 0 Å². The molecule has 0 N–H and O–H groups in total. The number of Topliss-reactive ketones (excluding diaryl/α,β-unsaturated/α-hetero) is 1. The average molecular weight is 199 g/mol. The summed E-state index contributed by atoms with van der Waals surface area (Å²) < 4.78 is 4.97. The standard InChI is InChI=1S/C10H11ClO2/c1-7(11)10(12)8-3-5-9(13-2)6-4-8/h3-7H,1-2H3/t7-/m0/s1. The highest BCUT2D eigenvalue weighted by Gasteiger charge is 2.11. The van der Waals surface area contributed by atoms with Crippen LogP contribution in [-0.2, 0) is 0 Å². The largest absolute Gasteiger partial charge is 0.497 e. The highest BCUT2D eigenvalue weighted by molar-refractivity contribution is 6.33. The topological polar surface area (TPSA) is 26.3 Å². The molecule has 0 aliphatic rings. The molecule has 0 unspecified atom stereocenters. The first-order valence-electron chi connectivity index (χ1n) is 3.97. The monoisotopic (exact) mass is 198 g/mol. The van der Waals surface area contributed by atoms with Crippen LogP contribution in [0.2, 0.25) is 0 Å². The minimum absolute atomic E-state index is 0.0654. The smallest absolute Gasteiger partial charge is 0.180 e. The number of ether oxygens (including phenoxy) is 1. The number of carbonyl (C=O) groups is 1. The van der Waals surface area contributed by atoms with E-state index in [2.05, 4.69) is 0 Å². The van der Waals surface area contributed by atoms with E-state index in [1.54, 1.807) is 38.3 Å². The third kappa shape index (κ3) is 2.46. The van der Waals surface area contributed by atoms with E-state index >= 15 is 0 Å². The van der Waals surface area contributed by atoms with Gasteiger partial charge in [-0.25, -0.2) is 0 Å². The number of carbonyl (C=O) groups excluding carboxylic acids is 1. The Bertz CT molecular complexity index is 290. The molecule has 2 nitrogen and oxygen atoms in total. The lowest BCUT2D eigenvalue weighted by Gasteiger charge is -2.03. The van der Waals surface area contributed by atoms with Crippen molar-refractivity contribution in [2.24, 2.45) is 0 Å². The summed E-state index contributed by atoms with van der Waals surface area (Å²) in [5, 5.41) is -0.478. The first-order valence-corrected chi connectivity index (χ1v) is 4.41. The van der Waals surface area contributed by atoms with E-state index in [1.165, 1.54) is 0 Å². The van der Waals surface area contributed by atoms with Gasteiger partial charge in [-0.1, -0.05) is 0 Å². The summed E-state index contributed by atoms with van der Waals surface area (Å²) in [4.78, 5) is 11.4. The number of hydrogen-bond donors (Lipinski definition) is 0. The molecule has 3 heteroatoms. The van der Waals surface area contributed by atoms with E-state index in [0.717, 1.165) is 5.75 Å². The Labute approximate surface area is 82.5 Å². The molecule has 1 atom stereocenters. The number of rotatable bonds is 3. The predicted molar refractivity (Wildman–Crippen MR) is 52.6 cm³/mol. The van der Waals surface area contributed by atoms with Crippen molar-refractivity contribution in [3.05, 3.63) is 29.8 Å². The van der Waals surface area contributed by atoms with E-state index in [0.29, 0.717) is 5.56 Å². The minimum atomic E-state index is -0.478. The van der Waals surface area contributed by atoms with Gasteiger partial charge in [0.05, 0.1) is 12.5 Å². The van der Waals surface area contributed by atoms with Gasteiger partial charge < -0.3 is 4.74 Å². The molecular weight excluding hydrogens is 188 g/mol. The van der Waals surface area contributed by atoms with Crippen LogP contribution in [-0.4, -0.2) is 18.3 Å². The summed E-state index contributed by atoms with van der Waals surface area (Å²) in [7, 11) is 1.58.